The molecule has 0 spiro atoms. The maximum Gasteiger partial charge on any atom is 0.407 e. The second-order valence-electron chi connectivity index (χ2n) is 13.7. The van der Waals surface area contributed by atoms with Crippen LogP contribution in [0.1, 0.15) is 62.3 Å². The number of rotatable bonds is 4. The Morgan fingerprint density at radius 1 is 0.865 bits per heavy atom. The molecule has 2 fully saturated rings. The van der Waals surface area contributed by atoms with Crippen LogP contribution in [0, 0.1) is 0 Å². The summed E-state index contributed by atoms with van der Waals surface area (Å²) < 4.78 is 17.0. The summed E-state index contributed by atoms with van der Waals surface area (Å²) >= 11 is 0. The van der Waals surface area contributed by atoms with Crippen LogP contribution in [-0.4, -0.2) is 113 Å². The smallest absolute Gasteiger partial charge is 0.407 e. The first-order valence-corrected chi connectivity index (χ1v) is 18.0. The van der Waals surface area contributed by atoms with E-state index in [0.717, 1.165) is 90.3 Å². The molecule has 3 N–H and O–H groups in total. The van der Waals surface area contributed by atoms with E-state index in [1.807, 2.05) is 17.2 Å². The highest BCUT2D eigenvalue weighted by atomic mass is 16.5. The van der Waals surface area contributed by atoms with Gasteiger partial charge in [-0.25, -0.2) is 19.6 Å². The first-order chi connectivity index (χ1) is 25.3. The minimum atomic E-state index is -0.861. The Hall–Kier alpha value is -5.37. The number of imidazole rings is 2. The van der Waals surface area contributed by atoms with Crippen LogP contribution in [-0.2, 0) is 14.3 Å². The Bertz CT molecular complexity index is 1890. The Morgan fingerprint density at radius 2 is 1.54 bits per heavy atom. The number of fused-ring (bicyclic) bond motifs is 6. The number of urea groups is 1. The van der Waals surface area contributed by atoms with E-state index in [2.05, 4.69) is 56.7 Å². The number of likely N-dealkylation sites (tertiary alicyclic amines) is 1. The highest BCUT2D eigenvalue weighted by Gasteiger charge is 2.37. The molecule has 2 aromatic carbocycles. The zero-order valence-electron chi connectivity index (χ0n) is 29.9. The first-order valence-electron chi connectivity index (χ1n) is 18.0. The van der Waals surface area contributed by atoms with Gasteiger partial charge in [-0.1, -0.05) is 30.3 Å². The summed E-state index contributed by atoms with van der Waals surface area (Å²) in [5.74, 6) is 2.00. The standard InChI is InChI=1S/C38H46N8O6/c1-44(2)38(49)46-17-7-9-32(46)35-39-21-28(41-35)25-12-10-24(11-13-25)26-14-15-27-29-22-40-34(42-29)31-8-6-16-45(31)36(47)30(43-37(48)50-3)23-51-18-4-5-19-52-33(27)20-26/h10-15,20-22,30-32H,4-9,16-19,23H2,1-3H3,(H,39,41)(H,40,42)(H,43,48)/t30-,31-,32-/m0/s1. The van der Waals surface area contributed by atoms with Crippen molar-refractivity contribution in [2.45, 2.75) is 56.7 Å². The molecule has 7 rings (SSSR count). The monoisotopic (exact) mass is 710 g/mol. The van der Waals surface area contributed by atoms with Gasteiger partial charge >= 0.3 is 12.1 Å². The predicted octanol–water partition coefficient (Wildman–Crippen LogP) is 5.53. The molecule has 52 heavy (non-hydrogen) atoms. The molecule has 4 amide bonds. The normalized spacial score (nSPS) is 20.9. The number of amides is 4. The Balaban J connectivity index is 1.12. The molecule has 14 nitrogen and oxygen atoms in total. The third-order valence-electron chi connectivity index (χ3n) is 10.0. The van der Waals surface area contributed by atoms with Crippen LogP contribution in [0.5, 0.6) is 5.75 Å². The fourth-order valence-electron chi connectivity index (χ4n) is 7.30. The zero-order valence-corrected chi connectivity index (χ0v) is 29.9. The lowest BCUT2D eigenvalue weighted by Gasteiger charge is -2.28. The van der Waals surface area contributed by atoms with Gasteiger partial charge in [0.05, 0.1) is 56.2 Å². The lowest BCUT2D eigenvalue weighted by molar-refractivity contribution is -0.136. The van der Waals surface area contributed by atoms with Gasteiger partial charge in [0.15, 0.2) is 0 Å². The van der Waals surface area contributed by atoms with Gasteiger partial charge in [0.2, 0.25) is 5.91 Å². The van der Waals surface area contributed by atoms with Gasteiger partial charge in [-0.2, -0.15) is 0 Å². The number of benzene rings is 2. The summed E-state index contributed by atoms with van der Waals surface area (Å²) in [6.45, 7) is 2.22. The number of carbonyl (C=O) groups excluding carboxylic acids is 3. The number of aromatic nitrogens is 4. The number of nitrogens with one attached hydrogen (secondary N) is 3. The highest BCUT2D eigenvalue weighted by Crippen LogP contribution is 2.38. The van der Waals surface area contributed by atoms with Crippen molar-refractivity contribution in [3.63, 3.8) is 0 Å². The molecule has 4 aromatic rings. The number of hydrogen-bond donors (Lipinski definition) is 3. The number of hydrogen-bond acceptors (Lipinski definition) is 8. The van der Waals surface area contributed by atoms with Crippen molar-refractivity contribution in [1.82, 2.24) is 40.0 Å². The number of nitrogens with zero attached hydrogens (tertiary/aromatic N) is 5. The second-order valence-corrected chi connectivity index (χ2v) is 13.7. The molecule has 3 aliphatic rings. The van der Waals surface area contributed by atoms with Crippen LogP contribution in [0.4, 0.5) is 9.59 Å². The van der Waals surface area contributed by atoms with Gasteiger partial charge in [-0.3, -0.25) is 4.79 Å². The SMILES string of the molecule is COC(=O)N[C@H]1COCCCCOc2cc(-c3ccc(-c4cnc([C@@H]5CCCN5C(=O)N(C)C)[nH]4)cc3)ccc2-c2cnc([nH]2)[C@@H]2CCCN2C1=O. The fraction of sp³-hybridized carbons (Fsp3) is 0.447. The third kappa shape index (κ3) is 7.33. The molecule has 2 aromatic heterocycles. The van der Waals surface area contributed by atoms with Crippen molar-refractivity contribution < 1.29 is 28.6 Å². The van der Waals surface area contributed by atoms with Gasteiger partial charge in [0.25, 0.3) is 0 Å². The van der Waals surface area contributed by atoms with Gasteiger partial charge in [0.1, 0.15) is 23.4 Å². The summed E-state index contributed by atoms with van der Waals surface area (Å²) in [6.07, 6.45) is 7.81. The average Bonchev–Trinajstić information content (AvgIpc) is 3.99. The topological polar surface area (TPSA) is 158 Å². The first kappa shape index (κ1) is 35.1. The second kappa shape index (κ2) is 15.5. The van der Waals surface area contributed by atoms with Crippen LogP contribution in [0.15, 0.2) is 54.9 Å². The van der Waals surface area contributed by atoms with E-state index in [-0.39, 0.29) is 30.6 Å². The summed E-state index contributed by atoms with van der Waals surface area (Å²) in [5, 5.41) is 2.65. The molecule has 14 heteroatoms. The van der Waals surface area contributed by atoms with Crippen molar-refractivity contribution in [3.05, 3.63) is 66.5 Å². The molecule has 3 aliphatic heterocycles. The Labute approximate surface area is 302 Å². The van der Waals surface area contributed by atoms with Crippen LogP contribution < -0.4 is 10.1 Å². The summed E-state index contributed by atoms with van der Waals surface area (Å²) in [6, 6.07) is 13.3. The Kier molecular flexibility index (Phi) is 10.4. The molecular weight excluding hydrogens is 664 g/mol. The molecular formula is C38H46N8O6. The van der Waals surface area contributed by atoms with Crippen LogP contribution in [0.25, 0.3) is 33.6 Å². The van der Waals surface area contributed by atoms with Crippen molar-refractivity contribution >= 4 is 18.0 Å². The van der Waals surface area contributed by atoms with Crippen molar-refractivity contribution in [3.8, 4) is 39.4 Å². The molecule has 0 radical (unpaired) electrons. The number of alkyl carbamates (subject to hydrolysis) is 1. The number of aromatic amines is 2. The van der Waals surface area contributed by atoms with Gasteiger partial charge in [-0.05, 0) is 67.3 Å². The van der Waals surface area contributed by atoms with E-state index in [0.29, 0.717) is 25.6 Å². The van der Waals surface area contributed by atoms with Crippen LogP contribution in [0.2, 0.25) is 0 Å². The van der Waals surface area contributed by atoms with E-state index in [1.165, 1.54) is 7.11 Å². The van der Waals surface area contributed by atoms with E-state index < -0.39 is 12.1 Å². The molecule has 0 saturated carbocycles. The van der Waals surface area contributed by atoms with E-state index in [9.17, 15) is 14.4 Å². The molecule has 2 bridgehead atoms. The van der Waals surface area contributed by atoms with Crippen LogP contribution in [0.3, 0.4) is 0 Å². The molecule has 2 saturated heterocycles. The fourth-order valence-corrected chi connectivity index (χ4v) is 7.30. The highest BCUT2D eigenvalue weighted by molar-refractivity contribution is 5.86. The number of carbonyl (C=O) groups is 3. The van der Waals surface area contributed by atoms with Crippen molar-refractivity contribution in [2.24, 2.45) is 0 Å². The largest absolute Gasteiger partial charge is 0.493 e. The maximum absolute atomic E-state index is 13.7. The predicted molar refractivity (Wildman–Crippen MR) is 193 cm³/mol. The zero-order chi connectivity index (χ0) is 36.2. The molecule has 274 valence electrons. The molecule has 5 heterocycles. The van der Waals surface area contributed by atoms with Crippen molar-refractivity contribution in [1.29, 1.82) is 0 Å². The maximum atomic E-state index is 13.7. The number of H-pyrrole nitrogens is 2. The van der Waals surface area contributed by atoms with E-state index in [1.54, 1.807) is 30.1 Å². The Morgan fingerprint density at radius 3 is 2.33 bits per heavy atom. The quantitative estimate of drug-likeness (QED) is 0.250. The third-order valence-corrected chi connectivity index (χ3v) is 10.0. The van der Waals surface area contributed by atoms with E-state index >= 15 is 0 Å². The molecule has 0 unspecified atom stereocenters. The lowest BCUT2D eigenvalue weighted by atomic mass is 10.00. The lowest BCUT2D eigenvalue weighted by Crippen LogP contribution is -2.50. The number of methoxy groups -OCH3 is 1. The van der Waals surface area contributed by atoms with E-state index in [4.69, 9.17) is 19.2 Å². The van der Waals surface area contributed by atoms with Crippen LogP contribution >= 0.6 is 0 Å². The average molecular weight is 711 g/mol. The summed E-state index contributed by atoms with van der Waals surface area (Å²) in [7, 11) is 4.83. The number of ether oxygens (including phenoxy) is 3. The van der Waals surface area contributed by atoms with Gasteiger partial charge < -0.3 is 44.2 Å². The van der Waals surface area contributed by atoms with Gasteiger partial charge in [0, 0.05) is 39.4 Å². The minimum absolute atomic E-state index is 0.00247. The summed E-state index contributed by atoms with van der Waals surface area (Å²) in [5.41, 5.74) is 5.63. The summed E-state index contributed by atoms with van der Waals surface area (Å²) in [4.78, 5) is 60.0. The minimum Gasteiger partial charge on any atom is -0.493 e. The molecule has 0 aliphatic carbocycles. The molecule has 3 atom stereocenters. The van der Waals surface area contributed by atoms with Gasteiger partial charge in [-0.15, -0.1) is 0 Å². The van der Waals surface area contributed by atoms with Crippen molar-refractivity contribution in [2.75, 3.05) is 54.1 Å².